The quantitative estimate of drug-likeness (QED) is 0.623. The van der Waals surface area contributed by atoms with E-state index in [4.69, 9.17) is 0 Å². The Morgan fingerprint density at radius 1 is 0.929 bits per heavy atom. The molecule has 2 rings (SSSR count). The van der Waals surface area contributed by atoms with Crippen molar-refractivity contribution in [3.8, 4) is 0 Å². The predicted octanol–water partition coefficient (Wildman–Crippen LogP) is 4.10. The summed E-state index contributed by atoms with van der Waals surface area (Å²) in [5.74, 6) is 0. The smallest absolute Gasteiger partial charge is 0.0175 e. The van der Waals surface area contributed by atoms with E-state index in [2.05, 4.69) is 50.8 Å². The molecule has 0 aliphatic rings. The second kappa shape index (κ2) is 3.30. The molecule has 0 bridgehead atoms. The van der Waals surface area contributed by atoms with Crippen LogP contribution in [-0.2, 0) is 0 Å². The maximum atomic E-state index is 3.78. The molecule has 2 aromatic carbocycles. The summed E-state index contributed by atoms with van der Waals surface area (Å²) in [6.45, 7) is 8.07. The number of rotatable bonds is 1. The van der Waals surface area contributed by atoms with Crippen molar-refractivity contribution in [2.45, 2.75) is 13.8 Å². The lowest BCUT2D eigenvalue weighted by Crippen LogP contribution is -1.82. The van der Waals surface area contributed by atoms with Gasteiger partial charge in [0.05, 0.1) is 0 Å². The Bertz CT molecular complexity index is 493. The van der Waals surface area contributed by atoms with Crippen LogP contribution in [0, 0.1) is 13.8 Å². The largest absolute Gasteiger partial charge is 0.0985 e. The molecule has 14 heavy (non-hydrogen) atoms. The standard InChI is InChI=1S/C14H14/c1-4-12-5-6-13-7-10(2)11(3)8-14(13)9-12/h4-9H,1H2,2-3H3. The van der Waals surface area contributed by atoms with Crippen LogP contribution in [0.4, 0.5) is 0 Å². The molecule has 0 saturated carbocycles. The lowest BCUT2D eigenvalue weighted by Gasteiger charge is -2.04. The minimum atomic E-state index is 1.18. The normalized spacial score (nSPS) is 10.4. The van der Waals surface area contributed by atoms with E-state index in [-0.39, 0.29) is 0 Å². The van der Waals surface area contributed by atoms with Gasteiger partial charge in [-0.3, -0.25) is 0 Å². The Hall–Kier alpha value is -1.56. The van der Waals surface area contributed by atoms with Crippen LogP contribution in [0.15, 0.2) is 36.9 Å². The van der Waals surface area contributed by atoms with Crippen LogP contribution >= 0.6 is 0 Å². The summed E-state index contributed by atoms with van der Waals surface area (Å²) in [6.07, 6.45) is 1.88. The minimum absolute atomic E-state index is 1.18. The Kier molecular flexibility index (Phi) is 2.12. The van der Waals surface area contributed by atoms with E-state index in [0.29, 0.717) is 0 Å². The van der Waals surface area contributed by atoms with Crippen molar-refractivity contribution >= 4 is 16.8 Å². The van der Waals surface area contributed by atoms with E-state index in [0.717, 1.165) is 0 Å². The van der Waals surface area contributed by atoms with Crippen LogP contribution in [0.3, 0.4) is 0 Å². The van der Waals surface area contributed by atoms with Crippen molar-refractivity contribution in [2.24, 2.45) is 0 Å². The maximum Gasteiger partial charge on any atom is -0.0175 e. The molecule has 0 fully saturated rings. The van der Waals surface area contributed by atoms with Crippen molar-refractivity contribution in [1.29, 1.82) is 0 Å². The summed E-state index contributed by atoms with van der Waals surface area (Å²) in [5.41, 5.74) is 3.88. The first-order valence-corrected chi connectivity index (χ1v) is 4.84. The number of aryl methyl sites for hydroxylation is 2. The molecule has 0 heteroatoms. The summed E-state index contributed by atoms with van der Waals surface area (Å²) >= 11 is 0. The lowest BCUT2D eigenvalue weighted by atomic mass is 10.0. The third kappa shape index (κ3) is 1.44. The lowest BCUT2D eigenvalue weighted by molar-refractivity contribution is 1.36. The van der Waals surface area contributed by atoms with E-state index in [1.54, 1.807) is 0 Å². The summed E-state index contributed by atoms with van der Waals surface area (Å²) < 4.78 is 0. The van der Waals surface area contributed by atoms with Gasteiger partial charge in [-0.1, -0.05) is 36.9 Å². The second-order valence-electron chi connectivity index (χ2n) is 3.75. The van der Waals surface area contributed by atoms with Gasteiger partial charge in [0.2, 0.25) is 0 Å². The van der Waals surface area contributed by atoms with Gasteiger partial charge in [0.1, 0.15) is 0 Å². The van der Waals surface area contributed by atoms with E-state index in [1.165, 1.54) is 27.5 Å². The monoisotopic (exact) mass is 182 g/mol. The summed E-state index contributed by atoms with van der Waals surface area (Å²) in [7, 11) is 0. The molecule has 0 N–H and O–H groups in total. The molecule has 0 aliphatic carbocycles. The molecule has 0 saturated heterocycles. The van der Waals surface area contributed by atoms with Gasteiger partial charge in [-0.05, 0) is 47.4 Å². The van der Waals surface area contributed by atoms with Crippen molar-refractivity contribution in [2.75, 3.05) is 0 Å². The van der Waals surface area contributed by atoms with Gasteiger partial charge >= 0.3 is 0 Å². The Morgan fingerprint density at radius 2 is 1.57 bits per heavy atom. The highest BCUT2D eigenvalue weighted by Gasteiger charge is 1.97. The molecule has 0 aromatic heterocycles. The van der Waals surface area contributed by atoms with Gasteiger partial charge in [-0.2, -0.15) is 0 Å². The Balaban J connectivity index is 2.76. The zero-order valence-electron chi connectivity index (χ0n) is 8.67. The van der Waals surface area contributed by atoms with Crippen molar-refractivity contribution in [1.82, 2.24) is 0 Å². The summed E-state index contributed by atoms with van der Waals surface area (Å²) in [6, 6.07) is 10.9. The van der Waals surface area contributed by atoms with Crippen molar-refractivity contribution in [3.05, 3.63) is 53.6 Å². The molecule has 0 radical (unpaired) electrons. The van der Waals surface area contributed by atoms with Crippen molar-refractivity contribution < 1.29 is 0 Å². The zero-order chi connectivity index (χ0) is 10.1. The molecule has 0 heterocycles. The molecular weight excluding hydrogens is 168 g/mol. The van der Waals surface area contributed by atoms with Crippen LogP contribution in [0.2, 0.25) is 0 Å². The Labute approximate surface area is 84.9 Å². The minimum Gasteiger partial charge on any atom is -0.0985 e. The highest BCUT2D eigenvalue weighted by Crippen LogP contribution is 2.20. The molecule has 0 amide bonds. The third-order valence-corrected chi connectivity index (χ3v) is 2.71. The fourth-order valence-corrected chi connectivity index (χ4v) is 1.67. The molecule has 0 unspecified atom stereocenters. The van der Waals surface area contributed by atoms with Gasteiger partial charge in [0, 0.05) is 0 Å². The van der Waals surface area contributed by atoms with Crippen molar-refractivity contribution in [3.63, 3.8) is 0 Å². The Morgan fingerprint density at radius 3 is 2.21 bits per heavy atom. The second-order valence-corrected chi connectivity index (χ2v) is 3.75. The third-order valence-electron chi connectivity index (χ3n) is 2.71. The van der Waals surface area contributed by atoms with Crippen LogP contribution in [0.1, 0.15) is 16.7 Å². The molecule has 70 valence electrons. The number of hydrogen-bond acceptors (Lipinski definition) is 0. The molecule has 0 spiro atoms. The van der Waals surface area contributed by atoms with E-state index in [1.807, 2.05) is 6.08 Å². The van der Waals surface area contributed by atoms with Gasteiger partial charge < -0.3 is 0 Å². The summed E-state index contributed by atoms with van der Waals surface area (Å²) in [4.78, 5) is 0. The maximum absolute atomic E-state index is 3.78. The van der Waals surface area contributed by atoms with E-state index in [9.17, 15) is 0 Å². The zero-order valence-corrected chi connectivity index (χ0v) is 8.67. The average Bonchev–Trinajstić information content (AvgIpc) is 2.19. The fraction of sp³-hybridized carbons (Fsp3) is 0.143. The molecule has 0 nitrogen and oxygen atoms in total. The van der Waals surface area contributed by atoms with Gasteiger partial charge in [0.15, 0.2) is 0 Å². The first-order chi connectivity index (χ1) is 6.70. The SMILES string of the molecule is C=Cc1ccc2cc(C)c(C)cc2c1. The molecule has 2 aromatic rings. The predicted molar refractivity (Wildman–Crippen MR) is 63.5 cm³/mol. The topological polar surface area (TPSA) is 0 Å². The summed E-state index contributed by atoms with van der Waals surface area (Å²) in [5, 5.41) is 2.60. The number of benzene rings is 2. The highest BCUT2D eigenvalue weighted by molar-refractivity contribution is 5.86. The van der Waals surface area contributed by atoms with Crippen LogP contribution in [0.5, 0.6) is 0 Å². The average molecular weight is 182 g/mol. The fourth-order valence-electron chi connectivity index (χ4n) is 1.67. The van der Waals surface area contributed by atoms with Gasteiger partial charge in [-0.25, -0.2) is 0 Å². The van der Waals surface area contributed by atoms with Crippen LogP contribution in [0.25, 0.3) is 16.8 Å². The molecular formula is C14H14. The van der Waals surface area contributed by atoms with Gasteiger partial charge in [0.25, 0.3) is 0 Å². The van der Waals surface area contributed by atoms with E-state index >= 15 is 0 Å². The molecule has 0 atom stereocenters. The van der Waals surface area contributed by atoms with E-state index < -0.39 is 0 Å². The number of hydrogen-bond donors (Lipinski definition) is 0. The van der Waals surface area contributed by atoms with Crippen LogP contribution < -0.4 is 0 Å². The first kappa shape index (κ1) is 9.01. The van der Waals surface area contributed by atoms with Crippen LogP contribution in [-0.4, -0.2) is 0 Å². The highest BCUT2D eigenvalue weighted by atomic mass is 14.0. The van der Waals surface area contributed by atoms with Gasteiger partial charge in [-0.15, -0.1) is 0 Å². The first-order valence-electron chi connectivity index (χ1n) is 4.84. The number of fused-ring (bicyclic) bond motifs is 1. The molecule has 0 aliphatic heterocycles.